The number of carbonyl (C=O) groups excluding carboxylic acids is 2. The van der Waals surface area contributed by atoms with E-state index in [1.165, 1.54) is 12.3 Å². The molecule has 0 spiro atoms. The van der Waals surface area contributed by atoms with Crippen LogP contribution in [0.2, 0.25) is 0 Å². The summed E-state index contributed by atoms with van der Waals surface area (Å²) in [6, 6.07) is 13.3. The number of carbonyl (C=O) groups is 2. The molecule has 1 aliphatic rings. The summed E-state index contributed by atoms with van der Waals surface area (Å²) in [4.78, 5) is 22.2. The van der Waals surface area contributed by atoms with E-state index in [1.807, 2.05) is 0 Å². The first-order valence-electron chi connectivity index (χ1n) is 8.26. The normalized spacial score (nSPS) is 17.8. The smallest absolute Gasteiger partial charge is 0.239 e. The largest absolute Gasteiger partial charge is 0.550 e. The van der Waals surface area contributed by atoms with Crippen molar-refractivity contribution in [2.45, 2.75) is 18.3 Å². The van der Waals surface area contributed by atoms with E-state index in [0.717, 1.165) is 17.3 Å². The Bertz CT molecular complexity index is 931. The lowest BCUT2D eigenvalue weighted by atomic mass is 10.2. The van der Waals surface area contributed by atoms with Gasteiger partial charge in [0.25, 0.3) is 0 Å². The van der Waals surface area contributed by atoms with E-state index in [9.17, 15) is 19.1 Å². The summed E-state index contributed by atoms with van der Waals surface area (Å²) < 4.78 is 19.1. The maximum atomic E-state index is 13.6. The Labute approximate surface area is 164 Å². The average molecular weight is 400 g/mol. The molecule has 144 valence electrons. The van der Waals surface area contributed by atoms with Crippen LogP contribution in [0.3, 0.4) is 0 Å². The van der Waals surface area contributed by atoms with Crippen LogP contribution in [0.1, 0.15) is 17.5 Å². The predicted octanol–water partition coefficient (Wildman–Crippen LogP) is 1.47. The van der Waals surface area contributed by atoms with Crippen LogP contribution in [-0.4, -0.2) is 28.5 Å². The van der Waals surface area contributed by atoms with Crippen molar-refractivity contribution < 1.29 is 23.8 Å². The Morgan fingerprint density at radius 1 is 1.25 bits per heavy atom. The van der Waals surface area contributed by atoms with Crippen LogP contribution in [0, 0.1) is 5.82 Å². The van der Waals surface area contributed by atoms with Gasteiger partial charge in [-0.05, 0) is 35.9 Å². The Kier molecular flexibility index (Phi) is 6.38. The molecule has 0 unspecified atom stereocenters. The van der Waals surface area contributed by atoms with E-state index in [1.54, 1.807) is 42.5 Å². The molecule has 0 bridgehead atoms. The van der Waals surface area contributed by atoms with Gasteiger partial charge in [0.15, 0.2) is 5.17 Å². The van der Waals surface area contributed by atoms with Crippen LogP contribution >= 0.6 is 11.8 Å². The van der Waals surface area contributed by atoms with E-state index < -0.39 is 17.1 Å². The van der Waals surface area contributed by atoms with Crippen LogP contribution in [0.4, 0.5) is 4.39 Å². The summed E-state index contributed by atoms with van der Waals surface area (Å²) in [6.45, 7) is 0.123. The monoisotopic (exact) mass is 400 g/mol. The number of hydrogen-bond acceptors (Lipinski definition) is 7. The van der Waals surface area contributed by atoms with Crippen LogP contribution < -0.4 is 15.2 Å². The molecule has 1 amide bonds. The Morgan fingerprint density at radius 2 is 2.00 bits per heavy atom. The minimum atomic E-state index is -1.30. The third kappa shape index (κ3) is 5.40. The molecule has 1 atom stereocenters. The maximum absolute atomic E-state index is 13.6. The topological polar surface area (TPSA) is 103 Å². The van der Waals surface area contributed by atoms with Crippen molar-refractivity contribution in [2.75, 3.05) is 0 Å². The van der Waals surface area contributed by atoms with Gasteiger partial charge in [-0.25, -0.2) is 4.39 Å². The van der Waals surface area contributed by atoms with Crippen molar-refractivity contribution in [3.05, 3.63) is 65.5 Å². The van der Waals surface area contributed by atoms with Gasteiger partial charge >= 0.3 is 0 Å². The highest BCUT2D eigenvalue weighted by Gasteiger charge is 2.30. The van der Waals surface area contributed by atoms with Crippen molar-refractivity contribution in [1.82, 2.24) is 5.32 Å². The van der Waals surface area contributed by atoms with Crippen molar-refractivity contribution in [1.29, 1.82) is 0 Å². The van der Waals surface area contributed by atoms with Gasteiger partial charge in [-0.2, -0.15) is 5.10 Å². The highest BCUT2D eigenvalue weighted by atomic mass is 32.2. The van der Waals surface area contributed by atoms with E-state index in [0.29, 0.717) is 11.3 Å². The second kappa shape index (κ2) is 9.14. The van der Waals surface area contributed by atoms with Gasteiger partial charge in [0.1, 0.15) is 18.2 Å². The molecule has 2 aromatic carbocycles. The van der Waals surface area contributed by atoms with Gasteiger partial charge in [-0.3, -0.25) is 4.79 Å². The standard InChI is InChI=1S/C19H16FN3O4S/c20-15-4-2-1-3-13(15)11-27-14-7-5-12(6-8-14)10-21-23-19-22-18(26)16(28-19)9-17(24)25/h1-8,10,16H,9,11H2,(H,24,25)(H,22,23,26)/p-1/b21-10-/t16-/m0/s1. The Hall–Kier alpha value is -3.20. The van der Waals surface area contributed by atoms with Crippen LogP contribution in [0.25, 0.3) is 0 Å². The molecule has 3 rings (SSSR count). The second-order valence-corrected chi connectivity index (χ2v) is 6.96. The van der Waals surface area contributed by atoms with Crippen LogP contribution in [-0.2, 0) is 16.2 Å². The number of carboxylic acid groups (broad SMARTS) is 1. The van der Waals surface area contributed by atoms with E-state index in [-0.39, 0.29) is 24.0 Å². The number of nitrogens with one attached hydrogen (secondary N) is 1. The molecule has 1 fully saturated rings. The molecule has 7 nitrogen and oxygen atoms in total. The maximum Gasteiger partial charge on any atom is 0.239 e. The average Bonchev–Trinajstić information content (AvgIpc) is 3.01. The fourth-order valence-electron chi connectivity index (χ4n) is 2.31. The number of nitrogens with zero attached hydrogens (tertiary/aromatic N) is 2. The molecule has 28 heavy (non-hydrogen) atoms. The quantitative estimate of drug-likeness (QED) is 0.560. The number of amidine groups is 1. The summed E-state index contributed by atoms with van der Waals surface area (Å²) in [5.41, 5.74) is 1.21. The summed E-state index contributed by atoms with van der Waals surface area (Å²) in [5.74, 6) is -1.46. The van der Waals surface area contributed by atoms with Crippen molar-refractivity contribution in [3.63, 3.8) is 0 Å². The number of hydrogen-bond donors (Lipinski definition) is 1. The first-order chi connectivity index (χ1) is 13.5. The van der Waals surface area contributed by atoms with E-state index in [2.05, 4.69) is 15.5 Å². The van der Waals surface area contributed by atoms with Gasteiger partial charge in [0.05, 0.1) is 11.5 Å². The number of benzene rings is 2. The first-order valence-corrected chi connectivity index (χ1v) is 9.14. The lowest BCUT2D eigenvalue weighted by Crippen LogP contribution is -2.31. The molecule has 0 radical (unpaired) electrons. The molecule has 0 saturated carbocycles. The van der Waals surface area contributed by atoms with E-state index in [4.69, 9.17) is 4.74 Å². The molecule has 0 aromatic heterocycles. The fraction of sp³-hybridized carbons (Fsp3) is 0.158. The number of ether oxygens (including phenoxy) is 1. The minimum Gasteiger partial charge on any atom is -0.550 e. The van der Waals surface area contributed by atoms with Gasteiger partial charge < -0.3 is 20.0 Å². The number of amides is 1. The van der Waals surface area contributed by atoms with Crippen molar-refractivity contribution >= 4 is 35.0 Å². The lowest BCUT2D eigenvalue weighted by molar-refractivity contribution is -0.305. The summed E-state index contributed by atoms with van der Waals surface area (Å²) >= 11 is 0.994. The molecule has 9 heteroatoms. The molecular weight excluding hydrogens is 385 g/mol. The molecule has 1 N–H and O–H groups in total. The van der Waals surface area contributed by atoms with Crippen molar-refractivity contribution in [2.24, 2.45) is 10.2 Å². The second-order valence-electron chi connectivity index (χ2n) is 5.77. The minimum absolute atomic E-state index is 0.123. The number of halogens is 1. The number of aliphatic carboxylic acids is 1. The highest BCUT2D eigenvalue weighted by molar-refractivity contribution is 8.15. The third-order valence-electron chi connectivity index (χ3n) is 3.72. The number of thioether (sulfide) groups is 1. The molecular formula is C19H15FN3O4S-. The van der Waals surface area contributed by atoms with Gasteiger partial charge in [0, 0.05) is 18.0 Å². The lowest BCUT2D eigenvalue weighted by Gasteiger charge is -2.07. The fourth-order valence-corrected chi connectivity index (χ4v) is 3.22. The molecule has 1 heterocycles. The number of carboxylic acids is 1. The highest BCUT2D eigenvalue weighted by Crippen LogP contribution is 2.22. The van der Waals surface area contributed by atoms with Crippen molar-refractivity contribution in [3.8, 4) is 5.75 Å². The van der Waals surface area contributed by atoms with E-state index >= 15 is 0 Å². The first kappa shape index (κ1) is 19.6. The van der Waals surface area contributed by atoms with Gasteiger partial charge in [0.2, 0.25) is 5.91 Å². The third-order valence-corrected chi connectivity index (χ3v) is 4.79. The zero-order chi connectivity index (χ0) is 19.9. The number of rotatable bonds is 7. The molecule has 2 aromatic rings. The molecule has 1 aliphatic heterocycles. The Balaban J connectivity index is 1.53. The Morgan fingerprint density at radius 3 is 2.71 bits per heavy atom. The summed E-state index contributed by atoms with van der Waals surface area (Å²) in [6.07, 6.45) is 1.10. The SMILES string of the molecule is O=C([O-])C[C@@H]1S/C(=N/N=C\c2ccc(OCc3ccccc3F)cc2)NC1=O. The van der Waals surface area contributed by atoms with Crippen LogP contribution in [0.15, 0.2) is 58.7 Å². The predicted molar refractivity (Wildman–Crippen MR) is 101 cm³/mol. The molecule has 0 aliphatic carbocycles. The van der Waals surface area contributed by atoms with Gasteiger partial charge in [-0.15, -0.1) is 5.10 Å². The zero-order valence-electron chi connectivity index (χ0n) is 14.5. The summed E-state index contributed by atoms with van der Waals surface area (Å²) in [5, 5.41) is 20.3. The summed E-state index contributed by atoms with van der Waals surface area (Å²) in [7, 11) is 0. The molecule has 1 saturated heterocycles. The zero-order valence-corrected chi connectivity index (χ0v) is 15.3. The van der Waals surface area contributed by atoms with Gasteiger partial charge in [-0.1, -0.05) is 30.0 Å². The van der Waals surface area contributed by atoms with Crippen LogP contribution in [0.5, 0.6) is 5.75 Å².